The van der Waals surface area contributed by atoms with Crippen molar-refractivity contribution in [3.8, 4) is 0 Å². The lowest BCUT2D eigenvalue weighted by molar-refractivity contribution is -0.142. The van der Waals surface area contributed by atoms with E-state index in [2.05, 4.69) is 0 Å². The predicted octanol–water partition coefficient (Wildman–Crippen LogP) is 1.72. The van der Waals surface area contributed by atoms with Crippen LogP contribution in [0.5, 0.6) is 0 Å². The first kappa shape index (κ1) is 13.8. The summed E-state index contributed by atoms with van der Waals surface area (Å²) in [6.07, 6.45) is 0. The highest BCUT2D eigenvalue weighted by Gasteiger charge is 2.15. The van der Waals surface area contributed by atoms with E-state index < -0.39 is 30.3 Å². The zero-order valence-corrected chi connectivity index (χ0v) is 9.38. The maximum Gasteiger partial charge on any atom is 0.329 e. The van der Waals surface area contributed by atoms with Crippen LogP contribution in [0.3, 0.4) is 0 Å². The van der Waals surface area contributed by atoms with Crippen molar-refractivity contribution in [3.05, 3.63) is 34.4 Å². The number of carbonyl (C=O) groups is 1. The molecule has 1 unspecified atom stereocenters. The van der Waals surface area contributed by atoms with Crippen LogP contribution in [0.15, 0.2) is 12.1 Å². The van der Waals surface area contributed by atoms with Crippen molar-refractivity contribution in [2.45, 2.75) is 6.04 Å². The number of carboxylic acid groups (broad SMARTS) is 1. The molecule has 17 heavy (non-hydrogen) atoms. The Morgan fingerprint density at radius 3 is 2.65 bits per heavy atom. The summed E-state index contributed by atoms with van der Waals surface area (Å²) in [6.45, 7) is -0.675. The van der Waals surface area contributed by atoms with Gasteiger partial charge in [0.25, 0.3) is 0 Å². The number of hydrogen-bond donors (Lipinski definition) is 2. The van der Waals surface area contributed by atoms with Gasteiger partial charge < -0.3 is 15.6 Å². The molecule has 0 aliphatic heterocycles. The third-order valence-corrected chi connectivity index (χ3v) is 2.29. The molecule has 0 bridgehead atoms. The number of halogens is 3. The summed E-state index contributed by atoms with van der Waals surface area (Å²) in [5.41, 5.74) is 5.77. The van der Waals surface area contributed by atoms with Gasteiger partial charge in [-0.25, -0.2) is 13.6 Å². The van der Waals surface area contributed by atoms with Crippen LogP contribution in [0.25, 0.3) is 0 Å². The highest BCUT2D eigenvalue weighted by Crippen LogP contribution is 2.24. The maximum atomic E-state index is 12.9. The van der Waals surface area contributed by atoms with E-state index in [1.807, 2.05) is 0 Å². The topological polar surface area (TPSA) is 72.5 Å². The normalized spacial score (nSPS) is 12.5. The monoisotopic (exact) mass is 265 g/mol. The minimum absolute atomic E-state index is 0.0321. The van der Waals surface area contributed by atoms with Crippen LogP contribution >= 0.6 is 11.6 Å². The second kappa shape index (κ2) is 5.90. The van der Waals surface area contributed by atoms with Gasteiger partial charge in [0.05, 0.1) is 12.6 Å². The van der Waals surface area contributed by atoms with Gasteiger partial charge >= 0.3 is 5.97 Å². The molecule has 1 aromatic rings. The van der Waals surface area contributed by atoms with E-state index in [0.29, 0.717) is 0 Å². The number of hydrogen-bond acceptors (Lipinski definition) is 3. The molecule has 4 nitrogen and oxygen atoms in total. The molecule has 3 N–H and O–H groups in total. The van der Waals surface area contributed by atoms with Crippen LogP contribution in [0, 0.1) is 11.6 Å². The van der Waals surface area contributed by atoms with Crippen LogP contribution in [0.2, 0.25) is 5.02 Å². The van der Waals surface area contributed by atoms with Gasteiger partial charge in [0.1, 0.15) is 6.61 Å². The molecule has 0 aliphatic rings. The smallest absolute Gasteiger partial charge is 0.329 e. The summed E-state index contributed by atoms with van der Waals surface area (Å²) < 4.78 is 30.5. The third-order valence-electron chi connectivity index (χ3n) is 1.96. The Morgan fingerprint density at radius 1 is 1.47 bits per heavy atom. The molecule has 0 saturated heterocycles. The first-order valence-corrected chi connectivity index (χ1v) is 4.99. The minimum Gasteiger partial charge on any atom is -0.480 e. The van der Waals surface area contributed by atoms with Crippen molar-refractivity contribution in [2.75, 3.05) is 13.2 Å². The van der Waals surface area contributed by atoms with E-state index in [0.717, 1.165) is 12.1 Å². The van der Waals surface area contributed by atoms with Crippen molar-refractivity contribution >= 4 is 17.6 Å². The lowest BCUT2D eigenvalue weighted by Gasteiger charge is -2.13. The van der Waals surface area contributed by atoms with Gasteiger partial charge in [-0.3, -0.25) is 0 Å². The molecule has 0 saturated carbocycles. The van der Waals surface area contributed by atoms with Crippen molar-refractivity contribution in [1.29, 1.82) is 0 Å². The number of benzene rings is 1. The average Bonchev–Trinajstić information content (AvgIpc) is 2.22. The molecular weight excluding hydrogens is 256 g/mol. The largest absolute Gasteiger partial charge is 0.480 e. The number of ether oxygens (including phenoxy) is 1. The van der Waals surface area contributed by atoms with Crippen molar-refractivity contribution in [1.82, 2.24) is 0 Å². The summed E-state index contributed by atoms with van der Waals surface area (Å²) >= 11 is 5.68. The first-order valence-electron chi connectivity index (χ1n) is 4.61. The molecule has 94 valence electrons. The van der Waals surface area contributed by atoms with Gasteiger partial charge in [0.15, 0.2) is 11.6 Å². The molecule has 0 aliphatic carbocycles. The quantitative estimate of drug-likeness (QED) is 0.795. The van der Waals surface area contributed by atoms with E-state index in [9.17, 15) is 13.6 Å². The Hall–Kier alpha value is -1.24. The van der Waals surface area contributed by atoms with Crippen molar-refractivity contribution in [2.24, 2.45) is 5.73 Å². The number of nitrogens with two attached hydrogens (primary N) is 1. The summed E-state index contributed by atoms with van der Waals surface area (Å²) in [7, 11) is 0. The van der Waals surface area contributed by atoms with Crippen LogP contribution in [0.4, 0.5) is 8.78 Å². The Balaban J connectivity index is 2.71. The molecule has 0 amide bonds. The van der Waals surface area contributed by atoms with Gasteiger partial charge in [-0.1, -0.05) is 11.6 Å². The Labute approximate surface area is 101 Å². The van der Waals surface area contributed by atoms with Gasteiger partial charge in [0, 0.05) is 5.02 Å². The summed E-state index contributed by atoms with van der Waals surface area (Å²) in [4.78, 5) is 10.2. The van der Waals surface area contributed by atoms with Gasteiger partial charge in [-0.2, -0.15) is 0 Å². The molecular formula is C10H10ClF2NO3. The molecule has 0 heterocycles. The Kier molecular flexibility index (Phi) is 4.80. The SMILES string of the molecule is NC(COCC(=O)O)c1cc(F)c(F)cc1Cl. The molecule has 1 rings (SSSR count). The van der Waals surface area contributed by atoms with Crippen molar-refractivity contribution < 1.29 is 23.4 Å². The van der Waals surface area contributed by atoms with E-state index in [1.54, 1.807) is 0 Å². The lowest BCUT2D eigenvalue weighted by atomic mass is 10.1. The van der Waals surface area contributed by atoms with Crippen LogP contribution < -0.4 is 5.73 Å². The molecule has 0 spiro atoms. The summed E-state index contributed by atoms with van der Waals surface area (Å²) in [6, 6.07) is 0.854. The molecule has 0 aromatic heterocycles. The molecule has 1 atom stereocenters. The summed E-state index contributed by atoms with van der Waals surface area (Å²) in [5, 5.41) is 8.30. The highest BCUT2D eigenvalue weighted by molar-refractivity contribution is 6.31. The molecule has 0 radical (unpaired) electrons. The highest BCUT2D eigenvalue weighted by atomic mass is 35.5. The predicted molar refractivity (Wildman–Crippen MR) is 56.8 cm³/mol. The Morgan fingerprint density at radius 2 is 2.06 bits per heavy atom. The number of carboxylic acids is 1. The van der Waals surface area contributed by atoms with Gasteiger partial charge in [-0.15, -0.1) is 0 Å². The standard InChI is InChI=1S/C10H10ClF2NO3/c11-6-2-8(13)7(12)1-5(6)9(14)3-17-4-10(15)16/h1-2,9H,3-4,14H2,(H,15,16). The fraction of sp³-hybridized carbons (Fsp3) is 0.300. The Bertz CT molecular complexity index is 428. The second-order valence-corrected chi connectivity index (χ2v) is 3.71. The number of rotatable bonds is 5. The second-order valence-electron chi connectivity index (χ2n) is 3.30. The fourth-order valence-electron chi connectivity index (χ4n) is 1.19. The van der Waals surface area contributed by atoms with Crippen LogP contribution in [0.1, 0.15) is 11.6 Å². The van der Waals surface area contributed by atoms with E-state index in [-0.39, 0.29) is 17.2 Å². The zero-order chi connectivity index (χ0) is 13.0. The molecule has 7 heteroatoms. The van der Waals surface area contributed by atoms with Gasteiger partial charge in [0.2, 0.25) is 0 Å². The van der Waals surface area contributed by atoms with Crippen LogP contribution in [-0.2, 0) is 9.53 Å². The van der Waals surface area contributed by atoms with E-state index in [1.165, 1.54) is 0 Å². The van der Waals surface area contributed by atoms with E-state index in [4.69, 9.17) is 27.2 Å². The summed E-state index contributed by atoms with van der Waals surface area (Å²) in [5.74, 6) is -3.29. The maximum absolute atomic E-state index is 12.9. The molecule has 0 fully saturated rings. The molecule has 1 aromatic carbocycles. The van der Waals surface area contributed by atoms with E-state index >= 15 is 0 Å². The zero-order valence-electron chi connectivity index (χ0n) is 8.62. The van der Waals surface area contributed by atoms with Crippen LogP contribution in [-0.4, -0.2) is 24.3 Å². The fourth-order valence-corrected chi connectivity index (χ4v) is 1.48. The average molecular weight is 266 g/mol. The van der Waals surface area contributed by atoms with Crippen molar-refractivity contribution in [3.63, 3.8) is 0 Å². The minimum atomic E-state index is -1.14. The number of aliphatic carboxylic acids is 1. The van der Waals surface area contributed by atoms with Gasteiger partial charge in [-0.05, 0) is 17.7 Å². The lowest BCUT2D eigenvalue weighted by Crippen LogP contribution is -2.20. The third kappa shape index (κ3) is 3.92. The first-order chi connectivity index (χ1) is 7.91.